The number of halogens is 2. The summed E-state index contributed by atoms with van der Waals surface area (Å²) >= 11 is 5.73. The van der Waals surface area contributed by atoms with Gasteiger partial charge in [-0.1, -0.05) is 11.6 Å². The van der Waals surface area contributed by atoms with Crippen molar-refractivity contribution in [2.75, 3.05) is 38.5 Å². The summed E-state index contributed by atoms with van der Waals surface area (Å²) in [5, 5.41) is 14.1. The van der Waals surface area contributed by atoms with Gasteiger partial charge in [-0.25, -0.2) is 12.8 Å². The van der Waals surface area contributed by atoms with E-state index < -0.39 is 26.5 Å². The van der Waals surface area contributed by atoms with Gasteiger partial charge in [0.25, 0.3) is 5.69 Å². The second kappa shape index (κ2) is 8.00. The first-order valence-corrected chi connectivity index (χ1v) is 10.2. The fourth-order valence-electron chi connectivity index (χ4n) is 2.84. The fraction of sp³-hybridized carbons (Fsp3) is 0.294. The number of nitro groups is 1. The van der Waals surface area contributed by atoms with Gasteiger partial charge < -0.3 is 10.2 Å². The topological polar surface area (TPSA) is 95.8 Å². The van der Waals surface area contributed by atoms with E-state index in [4.69, 9.17) is 11.6 Å². The summed E-state index contributed by atoms with van der Waals surface area (Å²) in [7, 11) is -1.94. The quantitative estimate of drug-likeness (QED) is 0.580. The molecule has 150 valence electrons. The van der Waals surface area contributed by atoms with Crippen LogP contribution < -0.4 is 5.32 Å². The van der Waals surface area contributed by atoms with Crippen LogP contribution in [0.4, 0.5) is 21.5 Å². The Balaban J connectivity index is 1.92. The van der Waals surface area contributed by atoms with Crippen LogP contribution >= 0.6 is 11.6 Å². The lowest BCUT2D eigenvalue weighted by Gasteiger charge is -2.31. The Bertz CT molecular complexity index is 1010. The second-order valence-electron chi connectivity index (χ2n) is 6.40. The molecule has 0 bridgehead atoms. The highest BCUT2D eigenvalue weighted by Crippen LogP contribution is 2.32. The Kier molecular flexibility index (Phi) is 5.84. The first-order valence-electron chi connectivity index (χ1n) is 8.37. The zero-order chi connectivity index (χ0) is 20.5. The first-order chi connectivity index (χ1) is 13.2. The second-order valence-corrected chi connectivity index (χ2v) is 8.74. The van der Waals surface area contributed by atoms with Gasteiger partial charge in [-0.05, 0) is 37.4 Å². The summed E-state index contributed by atoms with van der Waals surface area (Å²) in [6, 6.07) is 7.45. The molecule has 1 saturated heterocycles. The lowest BCUT2D eigenvalue weighted by Crippen LogP contribution is -2.47. The van der Waals surface area contributed by atoms with E-state index >= 15 is 0 Å². The summed E-state index contributed by atoms with van der Waals surface area (Å²) in [4.78, 5) is 12.7. The van der Waals surface area contributed by atoms with Crippen molar-refractivity contribution >= 4 is 38.7 Å². The molecule has 0 amide bonds. The van der Waals surface area contributed by atoms with Crippen molar-refractivity contribution in [2.24, 2.45) is 0 Å². The van der Waals surface area contributed by atoms with Gasteiger partial charge in [0.05, 0.1) is 14.8 Å². The van der Waals surface area contributed by atoms with Crippen LogP contribution in [-0.4, -0.2) is 55.8 Å². The average molecular weight is 429 g/mol. The van der Waals surface area contributed by atoms with E-state index in [2.05, 4.69) is 5.32 Å². The average Bonchev–Trinajstić information content (AvgIpc) is 2.65. The highest BCUT2D eigenvalue weighted by molar-refractivity contribution is 7.89. The van der Waals surface area contributed by atoms with E-state index in [1.807, 2.05) is 11.9 Å². The van der Waals surface area contributed by atoms with E-state index in [0.717, 1.165) is 12.1 Å². The molecular formula is C17H18ClFN4O4S. The van der Waals surface area contributed by atoms with Crippen LogP contribution in [0.2, 0.25) is 5.02 Å². The van der Waals surface area contributed by atoms with Gasteiger partial charge >= 0.3 is 0 Å². The molecular weight excluding hydrogens is 411 g/mol. The van der Waals surface area contributed by atoms with Crippen molar-refractivity contribution in [3.8, 4) is 0 Å². The third kappa shape index (κ3) is 4.25. The van der Waals surface area contributed by atoms with E-state index in [1.54, 1.807) is 0 Å². The van der Waals surface area contributed by atoms with Crippen LogP contribution in [0.15, 0.2) is 41.3 Å². The molecule has 0 saturated carbocycles. The largest absolute Gasteiger partial charge is 0.350 e. The lowest BCUT2D eigenvalue weighted by molar-refractivity contribution is -0.384. The van der Waals surface area contributed by atoms with Gasteiger partial charge in [-0.15, -0.1) is 0 Å². The zero-order valence-corrected chi connectivity index (χ0v) is 16.5. The standard InChI is InChI=1S/C17H18ClFN4O4S/c1-21-6-8-22(9-7-21)28(26,27)13-3-5-16(17(11-13)23(24)25)20-12-2-4-15(19)14(18)10-12/h2-5,10-11,20H,6-9H2,1H3. The molecule has 3 rings (SSSR count). The number of hydrogen-bond acceptors (Lipinski definition) is 6. The SMILES string of the molecule is CN1CCN(S(=O)(=O)c2ccc(Nc3ccc(F)c(Cl)c3)c([N+](=O)[O-])c2)CC1. The molecule has 8 nitrogen and oxygen atoms in total. The summed E-state index contributed by atoms with van der Waals surface area (Å²) in [6.07, 6.45) is 0. The van der Waals surface area contributed by atoms with E-state index in [0.29, 0.717) is 31.9 Å². The molecule has 1 fully saturated rings. The number of piperazine rings is 1. The Labute approximate surface area is 166 Å². The minimum atomic E-state index is -3.84. The van der Waals surface area contributed by atoms with Crippen molar-refractivity contribution in [3.05, 3.63) is 57.4 Å². The predicted octanol–water partition coefficient (Wildman–Crippen LogP) is 3.07. The van der Waals surface area contributed by atoms with Gasteiger partial charge in [-0.2, -0.15) is 4.31 Å². The van der Waals surface area contributed by atoms with Crippen LogP contribution in [0.1, 0.15) is 0 Å². The molecule has 0 atom stereocenters. The van der Waals surface area contributed by atoms with Gasteiger partial charge in [0.2, 0.25) is 10.0 Å². The number of rotatable bonds is 5. The maximum atomic E-state index is 13.3. The molecule has 2 aromatic carbocycles. The molecule has 28 heavy (non-hydrogen) atoms. The summed E-state index contributed by atoms with van der Waals surface area (Å²) < 4.78 is 40.3. The van der Waals surface area contributed by atoms with Crippen molar-refractivity contribution in [2.45, 2.75) is 4.90 Å². The third-order valence-electron chi connectivity index (χ3n) is 4.46. The Morgan fingerprint density at radius 1 is 1.14 bits per heavy atom. The Hall–Kier alpha value is -2.27. The molecule has 1 heterocycles. The number of likely N-dealkylation sites (N-methyl/N-ethyl adjacent to an activating group) is 1. The fourth-order valence-corrected chi connectivity index (χ4v) is 4.46. The minimum absolute atomic E-state index is 0.0741. The summed E-state index contributed by atoms with van der Waals surface area (Å²) in [5.74, 6) is -0.615. The zero-order valence-electron chi connectivity index (χ0n) is 14.9. The highest BCUT2D eigenvalue weighted by atomic mass is 35.5. The van der Waals surface area contributed by atoms with Crippen molar-refractivity contribution in [3.63, 3.8) is 0 Å². The van der Waals surface area contributed by atoms with E-state index in [9.17, 15) is 22.9 Å². The van der Waals surface area contributed by atoms with Crippen LogP contribution in [-0.2, 0) is 10.0 Å². The molecule has 0 aliphatic carbocycles. The van der Waals surface area contributed by atoms with Gasteiger partial charge in [0.15, 0.2) is 0 Å². The number of hydrogen-bond donors (Lipinski definition) is 1. The minimum Gasteiger partial charge on any atom is -0.350 e. The van der Waals surface area contributed by atoms with Crippen molar-refractivity contribution in [1.29, 1.82) is 0 Å². The third-order valence-corrected chi connectivity index (χ3v) is 6.65. The number of anilines is 2. The number of benzene rings is 2. The maximum Gasteiger partial charge on any atom is 0.294 e. The molecule has 1 aliphatic heterocycles. The molecule has 0 unspecified atom stereocenters. The van der Waals surface area contributed by atoms with Crippen LogP contribution in [0, 0.1) is 15.9 Å². The number of nitrogens with one attached hydrogen (secondary N) is 1. The molecule has 0 spiro atoms. The molecule has 0 radical (unpaired) electrons. The monoisotopic (exact) mass is 428 g/mol. The van der Waals surface area contributed by atoms with Crippen molar-refractivity contribution < 1.29 is 17.7 Å². The van der Waals surface area contributed by atoms with Crippen LogP contribution in [0.5, 0.6) is 0 Å². The highest BCUT2D eigenvalue weighted by Gasteiger charge is 2.29. The molecule has 11 heteroatoms. The smallest absolute Gasteiger partial charge is 0.294 e. The van der Waals surface area contributed by atoms with Gasteiger partial charge in [-0.3, -0.25) is 10.1 Å². The summed E-state index contributed by atoms with van der Waals surface area (Å²) in [6.45, 7) is 1.82. The van der Waals surface area contributed by atoms with E-state index in [-0.39, 0.29) is 15.6 Å². The van der Waals surface area contributed by atoms with Crippen molar-refractivity contribution in [1.82, 2.24) is 9.21 Å². The molecule has 1 N–H and O–H groups in total. The number of nitro benzene ring substituents is 1. The lowest BCUT2D eigenvalue weighted by atomic mass is 10.2. The van der Waals surface area contributed by atoms with Crippen LogP contribution in [0.3, 0.4) is 0 Å². The van der Waals surface area contributed by atoms with Crippen LogP contribution in [0.25, 0.3) is 0 Å². The normalized spacial score (nSPS) is 16.1. The Morgan fingerprint density at radius 2 is 1.82 bits per heavy atom. The molecule has 1 aliphatic rings. The summed E-state index contributed by atoms with van der Waals surface area (Å²) in [5.41, 5.74) is 0.00447. The predicted molar refractivity (Wildman–Crippen MR) is 104 cm³/mol. The van der Waals surface area contributed by atoms with Gasteiger partial charge in [0.1, 0.15) is 11.5 Å². The molecule has 0 aromatic heterocycles. The number of nitrogens with zero attached hydrogens (tertiary/aromatic N) is 3. The number of sulfonamides is 1. The first kappa shape index (κ1) is 20.5. The van der Waals surface area contributed by atoms with E-state index in [1.165, 1.54) is 28.6 Å². The Morgan fingerprint density at radius 3 is 2.43 bits per heavy atom. The van der Waals surface area contributed by atoms with Gasteiger partial charge in [0, 0.05) is 37.9 Å². The maximum absolute atomic E-state index is 13.3. The molecule has 2 aromatic rings.